The Balaban J connectivity index is 1.65. The largest absolute Gasteiger partial charge is 0.469 e. The third-order valence-electron chi connectivity index (χ3n) is 5.69. The van der Waals surface area contributed by atoms with Gasteiger partial charge in [0.2, 0.25) is 5.95 Å². The molecule has 0 saturated heterocycles. The highest BCUT2D eigenvalue weighted by molar-refractivity contribution is 6.30. The maximum Gasteiger partial charge on any atom is 0.354 e. The smallest absolute Gasteiger partial charge is 0.354 e. The second-order valence-electron chi connectivity index (χ2n) is 8.63. The van der Waals surface area contributed by atoms with E-state index in [1.165, 1.54) is 11.7 Å². The van der Waals surface area contributed by atoms with Crippen LogP contribution in [0.2, 0.25) is 5.02 Å². The van der Waals surface area contributed by atoms with Gasteiger partial charge in [0.05, 0.1) is 25.8 Å². The number of esters is 1. The molecule has 0 unspecified atom stereocenters. The molecular weight excluding hydrogens is 510 g/mol. The number of carbonyl (C=O) groups excluding carboxylic acids is 1. The zero-order chi connectivity index (χ0) is 27.2. The van der Waals surface area contributed by atoms with Crippen LogP contribution < -0.4 is 21.4 Å². The Bertz CT molecular complexity index is 1530. The van der Waals surface area contributed by atoms with Crippen LogP contribution in [0.5, 0.6) is 11.5 Å². The minimum atomic E-state index is -0.785. The van der Waals surface area contributed by atoms with E-state index in [-0.39, 0.29) is 19.0 Å². The van der Waals surface area contributed by atoms with Crippen LogP contribution in [0.15, 0.2) is 76.4 Å². The highest BCUT2D eigenvalue weighted by Gasteiger charge is 2.20. The first kappa shape index (κ1) is 26.6. The molecule has 2 aromatic carbocycles. The van der Waals surface area contributed by atoms with E-state index in [0.717, 1.165) is 15.8 Å². The number of hydrogen-bond donors (Lipinski definition) is 1. The third-order valence-corrected chi connectivity index (χ3v) is 5.95. The van der Waals surface area contributed by atoms with Crippen molar-refractivity contribution in [1.82, 2.24) is 19.1 Å². The molecule has 196 valence electrons. The quantitative estimate of drug-likeness (QED) is 0.318. The Morgan fingerprint density at radius 2 is 1.68 bits per heavy atom. The van der Waals surface area contributed by atoms with Gasteiger partial charge in [-0.2, -0.15) is 4.98 Å². The average Bonchev–Trinajstić information content (AvgIpc) is 2.91. The van der Waals surface area contributed by atoms with Crippen LogP contribution in [0.3, 0.4) is 0 Å². The van der Waals surface area contributed by atoms with Crippen LogP contribution in [0.25, 0.3) is 0 Å². The molecule has 4 aromatic rings. The van der Waals surface area contributed by atoms with Gasteiger partial charge in [0, 0.05) is 22.9 Å². The maximum absolute atomic E-state index is 13.4. The first-order valence-corrected chi connectivity index (χ1v) is 12.1. The van der Waals surface area contributed by atoms with Crippen molar-refractivity contribution in [3.05, 3.63) is 104 Å². The van der Waals surface area contributed by atoms with Gasteiger partial charge in [-0.05, 0) is 61.0 Å². The lowest BCUT2D eigenvalue weighted by molar-refractivity contribution is -0.145. The van der Waals surface area contributed by atoms with Crippen molar-refractivity contribution >= 4 is 29.2 Å². The highest BCUT2D eigenvalue weighted by Crippen LogP contribution is 2.24. The second kappa shape index (κ2) is 11.7. The number of halogens is 1. The number of ether oxygens (including phenoxy) is 2. The second-order valence-corrected chi connectivity index (χ2v) is 9.07. The maximum atomic E-state index is 13.4. The van der Waals surface area contributed by atoms with Crippen molar-refractivity contribution < 1.29 is 14.3 Å². The Morgan fingerprint density at radius 1 is 1.00 bits per heavy atom. The Morgan fingerprint density at radius 3 is 2.32 bits per heavy atom. The van der Waals surface area contributed by atoms with E-state index in [1.54, 1.807) is 61.7 Å². The Labute approximate surface area is 223 Å². The molecule has 11 heteroatoms. The lowest BCUT2D eigenvalue weighted by atomic mass is 10.2. The molecule has 1 N–H and O–H groups in total. The van der Waals surface area contributed by atoms with Crippen LogP contribution in [-0.2, 0) is 22.6 Å². The summed E-state index contributed by atoms with van der Waals surface area (Å²) in [7, 11) is 1.25. The number of methoxy groups -OCH3 is 1. The minimum Gasteiger partial charge on any atom is -0.469 e. The van der Waals surface area contributed by atoms with Gasteiger partial charge < -0.3 is 14.8 Å². The van der Waals surface area contributed by atoms with E-state index in [4.69, 9.17) is 21.1 Å². The predicted molar refractivity (Wildman–Crippen MR) is 143 cm³/mol. The number of nitrogens with zero attached hydrogens (tertiary/aromatic N) is 4. The van der Waals surface area contributed by atoms with Crippen LogP contribution in [-0.4, -0.2) is 32.2 Å². The lowest BCUT2D eigenvalue weighted by Gasteiger charge is -2.17. The Hall–Kier alpha value is -4.44. The van der Waals surface area contributed by atoms with Crippen molar-refractivity contribution in [2.75, 3.05) is 12.4 Å². The van der Waals surface area contributed by atoms with Crippen molar-refractivity contribution in [2.45, 2.75) is 26.9 Å². The number of aromatic nitrogens is 4. The van der Waals surface area contributed by atoms with Crippen molar-refractivity contribution in [2.24, 2.45) is 5.92 Å². The number of benzene rings is 2. The van der Waals surface area contributed by atoms with Crippen LogP contribution in [0, 0.1) is 12.8 Å². The highest BCUT2D eigenvalue weighted by atomic mass is 35.5. The summed E-state index contributed by atoms with van der Waals surface area (Å²) in [6, 6.07) is 17.6. The summed E-state index contributed by atoms with van der Waals surface area (Å²) in [4.78, 5) is 46.5. The molecule has 0 aliphatic rings. The summed E-state index contributed by atoms with van der Waals surface area (Å²) in [6.45, 7) is 3.41. The van der Waals surface area contributed by atoms with Crippen LogP contribution in [0.1, 0.15) is 18.2 Å². The minimum absolute atomic E-state index is 0.0494. The average molecular weight is 536 g/mol. The van der Waals surface area contributed by atoms with Crippen LogP contribution >= 0.6 is 11.6 Å². The Kier molecular flexibility index (Phi) is 8.22. The molecule has 38 heavy (non-hydrogen) atoms. The topological polar surface area (TPSA) is 117 Å². The molecule has 0 bridgehead atoms. The zero-order valence-corrected chi connectivity index (χ0v) is 21.8. The first-order valence-electron chi connectivity index (χ1n) is 11.7. The summed E-state index contributed by atoms with van der Waals surface area (Å²) in [5.74, 6) is -0.0226. The van der Waals surface area contributed by atoms with Gasteiger partial charge in [-0.1, -0.05) is 30.7 Å². The number of anilines is 2. The monoisotopic (exact) mass is 535 g/mol. The summed E-state index contributed by atoms with van der Waals surface area (Å²) in [6.07, 6.45) is 1.64. The van der Waals surface area contributed by atoms with Gasteiger partial charge >= 0.3 is 17.3 Å². The normalized spacial score (nSPS) is 11.6. The molecule has 2 heterocycles. The molecule has 0 fully saturated rings. The molecular formula is C27H26ClN5O5. The van der Waals surface area contributed by atoms with E-state index in [2.05, 4.69) is 15.3 Å². The SMILES string of the molecule is COC(=O)[C@@H](C)Cn1c(=O)nc(Nc2ccc(Oc3ccc(C)nc3)cc2)n(Cc2ccc(Cl)cc2)c1=O. The lowest BCUT2D eigenvalue weighted by Crippen LogP contribution is -2.44. The molecule has 0 saturated carbocycles. The van der Waals surface area contributed by atoms with Crippen molar-refractivity contribution in [3.63, 3.8) is 0 Å². The number of pyridine rings is 1. The van der Waals surface area contributed by atoms with E-state index in [1.807, 2.05) is 19.1 Å². The molecule has 0 aliphatic carbocycles. The van der Waals surface area contributed by atoms with E-state index in [0.29, 0.717) is 22.2 Å². The molecule has 0 amide bonds. The third kappa shape index (κ3) is 6.46. The molecule has 10 nitrogen and oxygen atoms in total. The first-order chi connectivity index (χ1) is 18.2. The summed E-state index contributed by atoms with van der Waals surface area (Å²) < 4.78 is 12.8. The summed E-state index contributed by atoms with van der Waals surface area (Å²) >= 11 is 6.01. The molecule has 0 aliphatic heterocycles. The van der Waals surface area contributed by atoms with Gasteiger partial charge in [-0.3, -0.25) is 14.3 Å². The molecule has 0 radical (unpaired) electrons. The van der Waals surface area contributed by atoms with Crippen molar-refractivity contribution in [1.29, 1.82) is 0 Å². The number of hydrogen-bond acceptors (Lipinski definition) is 8. The predicted octanol–water partition coefficient (Wildman–Crippen LogP) is 4.16. The molecule has 0 spiro atoms. The van der Waals surface area contributed by atoms with Crippen LogP contribution in [0.4, 0.5) is 11.6 Å². The molecule has 4 rings (SSSR count). The fourth-order valence-electron chi connectivity index (χ4n) is 3.63. The number of carbonyl (C=O) groups is 1. The number of rotatable bonds is 9. The number of nitrogens with one attached hydrogen (secondary N) is 1. The molecule has 1 atom stereocenters. The van der Waals surface area contributed by atoms with Gasteiger partial charge in [0.25, 0.3) is 0 Å². The summed E-state index contributed by atoms with van der Waals surface area (Å²) in [5, 5.41) is 3.61. The van der Waals surface area contributed by atoms with Gasteiger partial charge in [-0.15, -0.1) is 0 Å². The van der Waals surface area contributed by atoms with Gasteiger partial charge in [0.15, 0.2) is 0 Å². The van der Waals surface area contributed by atoms with Gasteiger partial charge in [-0.25, -0.2) is 14.2 Å². The van der Waals surface area contributed by atoms with E-state index in [9.17, 15) is 14.4 Å². The van der Waals surface area contributed by atoms with Crippen molar-refractivity contribution in [3.8, 4) is 11.5 Å². The fraction of sp³-hybridized carbons (Fsp3) is 0.222. The summed E-state index contributed by atoms with van der Waals surface area (Å²) in [5.41, 5.74) is 0.826. The number of aryl methyl sites for hydroxylation is 1. The van der Waals surface area contributed by atoms with E-state index >= 15 is 0 Å². The molecule has 2 aromatic heterocycles. The zero-order valence-electron chi connectivity index (χ0n) is 21.1. The van der Waals surface area contributed by atoms with Gasteiger partial charge in [0.1, 0.15) is 11.5 Å². The van der Waals surface area contributed by atoms with E-state index < -0.39 is 23.3 Å². The fourth-order valence-corrected chi connectivity index (χ4v) is 3.76. The standard InChI is InChI=1S/C27H26ClN5O5/c1-17(24(34)37-3)15-33-26(35)31-25(32(27(33)36)16-19-5-7-20(28)8-6-19)30-21-9-12-22(13-10-21)38-23-11-4-18(2)29-14-23/h4-14,17H,15-16H2,1-3H3,(H,30,31,35)/t17-/m0/s1.